The molecule has 98 valence electrons. The van der Waals surface area contributed by atoms with Gasteiger partial charge in [-0.1, -0.05) is 6.07 Å². The summed E-state index contributed by atoms with van der Waals surface area (Å²) in [6.45, 7) is 2.42. The Kier molecular flexibility index (Phi) is 2.95. The van der Waals surface area contributed by atoms with Crippen LogP contribution in [0.1, 0.15) is 10.4 Å². The number of hydrogen-bond donors (Lipinski definition) is 1. The van der Waals surface area contributed by atoms with E-state index in [0.717, 1.165) is 17.3 Å². The van der Waals surface area contributed by atoms with Gasteiger partial charge in [0.25, 0.3) is 5.91 Å². The molecule has 1 fully saturated rings. The Bertz CT molecular complexity index is 612. The van der Waals surface area contributed by atoms with Crippen molar-refractivity contribution in [2.75, 3.05) is 26.2 Å². The van der Waals surface area contributed by atoms with Gasteiger partial charge < -0.3 is 14.8 Å². The fourth-order valence-corrected chi connectivity index (χ4v) is 2.39. The van der Waals surface area contributed by atoms with Gasteiger partial charge in [0, 0.05) is 43.5 Å². The Morgan fingerprint density at radius 2 is 1.95 bits per heavy atom. The molecule has 1 saturated heterocycles. The first-order valence-electron chi connectivity index (χ1n) is 6.34. The van der Waals surface area contributed by atoms with Crippen LogP contribution in [0.4, 0.5) is 0 Å². The largest absolute Gasteiger partial charge is 0.361 e. The van der Waals surface area contributed by atoms with Gasteiger partial charge in [0.15, 0.2) is 0 Å². The van der Waals surface area contributed by atoms with Crippen molar-refractivity contribution in [1.29, 1.82) is 0 Å². The molecule has 0 aliphatic carbocycles. The van der Waals surface area contributed by atoms with Crippen LogP contribution < -0.4 is 0 Å². The van der Waals surface area contributed by atoms with E-state index in [4.69, 9.17) is 0 Å². The van der Waals surface area contributed by atoms with Gasteiger partial charge in [-0.25, -0.2) is 0 Å². The predicted molar refractivity (Wildman–Crippen MR) is 71.8 cm³/mol. The highest BCUT2D eigenvalue weighted by Crippen LogP contribution is 2.16. The summed E-state index contributed by atoms with van der Waals surface area (Å²) in [5, 5.41) is 1.10. The van der Waals surface area contributed by atoms with E-state index in [1.165, 1.54) is 0 Å². The second kappa shape index (κ2) is 4.76. The molecule has 1 aromatic heterocycles. The smallest absolute Gasteiger partial charge is 0.254 e. The zero-order valence-corrected chi connectivity index (χ0v) is 10.5. The van der Waals surface area contributed by atoms with Crippen molar-refractivity contribution in [1.82, 2.24) is 14.8 Å². The van der Waals surface area contributed by atoms with Gasteiger partial charge in [0.2, 0.25) is 6.41 Å². The van der Waals surface area contributed by atoms with E-state index in [1.807, 2.05) is 30.5 Å². The second-order valence-electron chi connectivity index (χ2n) is 4.71. The van der Waals surface area contributed by atoms with Gasteiger partial charge in [0.05, 0.1) is 0 Å². The molecule has 1 aromatic carbocycles. The van der Waals surface area contributed by atoms with Gasteiger partial charge in [-0.05, 0) is 23.6 Å². The summed E-state index contributed by atoms with van der Waals surface area (Å²) >= 11 is 0. The number of piperazine rings is 1. The van der Waals surface area contributed by atoms with E-state index in [9.17, 15) is 9.59 Å². The minimum atomic E-state index is 0.0297. The molecule has 19 heavy (non-hydrogen) atoms. The number of fused-ring (bicyclic) bond motifs is 1. The quantitative estimate of drug-likeness (QED) is 0.818. The summed E-state index contributed by atoms with van der Waals surface area (Å²) in [6, 6.07) is 7.65. The standard InChI is InChI=1S/C14H15N3O2/c18-10-16-5-7-17(8-6-16)14(19)12-2-1-11-3-4-15-13(11)9-12/h1-4,9-10,15H,5-8H2. The average molecular weight is 257 g/mol. The molecule has 5 nitrogen and oxygen atoms in total. The monoisotopic (exact) mass is 257 g/mol. The van der Waals surface area contributed by atoms with Crippen LogP contribution in [0.2, 0.25) is 0 Å². The van der Waals surface area contributed by atoms with Crippen molar-refractivity contribution in [2.24, 2.45) is 0 Å². The van der Waals surface area contributed by atoms with E-state index in [0.29, 0.717) is 31.7 Å². The molecule has 0 bridgehead atoms. The van der Waals surface area contributed by atoms with Crippen LogP contribution in [0.15, 0.2) is 30.5 Å². The van der Waals surface area contributed by atoms with Crippen molar-refractivity contribution < 1.29 is 9.59 Å². The number of H-pyrrole nitrogens is 1. The molecule has 5 heteroatoms. The zero-order chi connectivity index (χ0) is 13.2. The molecule has 3 rings (SSSR count). The van der Waals surface area contributed by atoms with Crippen molar-refractivity contribution in [2.45, 2.75) is 0 Å². The Balaban J connectivity index is 1.78. The summed E-state index contributed by atoms with van der Waals surface area (Å²) in [7, 11) is 0. The van der Waals surface area contributed by atoms with E-state index < -0.39 is 0 Å². The lowest BCUT2D eigenvalue weighted by Gasteiger charge is -2.32. The molecular formula is C14H15N3O2. The number of amides is 2. The van der Waals surface area contributed by atoms with Crippen molar-refractivity contribution in [3.05, 3.63) is 36.0 Å². The van der Waals surface area contributed by atoms with Gasteiger partial charge in [-0.15, -0.1) is 0 Å². The van der Waals surface area contributed by atoms with Crippen LogP contribution in [-0.4, -0.2) is 53.3 Å². The van der Waals surface area contributed by atoms with Crippen LogP contribution in [0.3, 0.4) is 0 Å². The first-order valence-corrected chi connectivity index (χ1v) is 6.34. The summed E-state index contributed by atoms with van der Waals surface area (Å²) in [6.07, 6.45) is 2.70. The Morgan fingerprint density at radius 1 is 1.16 bits per heavy atom. The number of aromatic nitrogens is 1. The Labute approximate surface area is 110 Å². The van der Waals surface area contributed by atoms with E-state index in [-0.39, 0.29) is 5.91 Å². The number of nitrogens with zero attached hydrogens (tertiary/aromatic N) is 2. The lowest BCUT2D eigenvalue weighted by molar-refractivity contribution is -0.119. The van der Waals surface area contributed by atoms with Gasteiger partial charge in [-0.2, -0.15) is 0 Å². The highest BCUT2D eigenvalue weighted by Gasteiger charge is 2.21. The highest BCUT2D eigenvalue weighted by molar-refractivity contribution is 5.98. The average Bonchev–Trinajstić information content (AvgIpc) is 2.94. The fourth-order valence-electron chi connectivity index (χ4n) is 2.39. The third-order valence-electron chi connectivity index (χ3n) is 3.55. The van der Waals surface area contributed by atoms with Crippen molar-refractivity contribution in [3.8, 4) is 0 Å². The van der Waals surface area contributed by atoms with E-state index in [2.05, 4.69) is 4.98 Å². The fraction of sp³-hybridized carbons (Fsp3) is 0.286. The maximum Gasteiger partial charge on any atom is 0.254 e. The summed E-state index contributed by atoms with van der Waals surface area (Å²) in [5.41, 5.74) is 1.66. The van der Waals surface area contributed by atoms with Crippen LogP contribution in [0.25, 0.3) is 10.9 Å². The third kappa shape index (κ3) is 2.19. The number of benzene rings is 1. The number of carbonyl (C=O) groups excluding carboxylic acids is 2. The maximum absolute atomic E-state index is 12.4. The molecule has 0 radical (unpaired) electrons. The van der Waals surface area contributed by atoms with E-state index >= 15 is 0 Å². The molecule has 2 aromatic rings. The molecular weight excluding hydrogens is 242 g/mol. The minimum absolute atomic E-state index is 0.0297. The molecule has 0 atom stereocenters. The first kappa shape index (κ1) is 11.8. The van der Waals surface area contributed by atoms with E-state index in [1.54, 1.807) is 9.80 Å². The molecule has 1 N–H and O–H groups in total. The predicted octanol–water partition coefficient (Wildman–Crippen LogP) is 1.08. The number of nitrogens with one attached hydrogen (secondary N) is 1. The Hall–Kier alpha value is -2.30. The maximum atomic E-state index is 12.4. The summed E-state index contributed by atoms with van der Waals surface area (Å²) in [4.78, 5) is 29.6. The van der Waals surface area contributed by atoms with Crippen LogP contribution >= 0.6 is 0 Å². The van der Waals surface area contributed by atoms with Crippen LogP contribution in [0, 0.1) is 0 Å². The number of aromatic amines is 1. The molecule has 0 spiro atoms. The molecule has 2 heterocycles. The molecule has 0 saturated carbocycles. The second-order valence-corrected chi connectivity index (χ2v) is 4.71. The molecule has 1 aliphatic heterocycles. The normalized spacial score (nSPS) is 15.8. The molecule has 2 amide bonds. The number of hydrogen-bond acceptors (Lipinski definition) is 2. The lowest BCUT2D eigenvalue weighted by Crippen LogP contribution is -2.48. The minimum Gasteiger partial charge on any atom is -0.361 e. The topological polar surface area (TPSA) is 56.4 Å². The van der Waals surface area contributed by atoms with Crippen molar-refractivity contribution >= 4 is 23.2 Å². The van der Waals surface area contributed by atoms with Gasteiger partial charge >= 0.3 is 0 Å². The van der Waals surface area contributed by atoms with Gasteiger partial charge in [0.1, 0.15) is 0 Å². The number of carbonyl (C=O) groups is 2. The van der Waals surface area contributed by atoms with Gasteiger partial charge in [-0.3, -0.25) is 9.59 Å². The van der Waals surface area contributed by atoms with Crippen LogP contribution in [-0.2, 0) is 4.79 Å². The van der Waals surface area contributed by atoms with Crippen molar-refractivity contribution in [3.63, 3.8) is 0 Å². The lowest BCUT2D eigenvalue weighted by atomic mass is 10.1. The number of rotatable bonds is 2. The summed E-state index contributed by atoms with van der Waals surface area (Å²) < 4.78 is 0. The summed E-state index contributed by atoms with van der Waals surface area (Å²) in [5.74, 6) is 0.0297. The zero-order valence-electron chi connectivity index (χ0n) is 10.5. The first-order chi connectivity index (χ1) is 9.28. The Morgan fingerprint density at radius 3 is 2.68 bits per heavy atom. The highest BCUT2D eigenvalue weighted by atomic mass is 16.2. The SMILES string of the molecule is O=CN1CCN(C(=O)c2ccc3cc[nH]c3c2)CC1. The molecule has 0 unspecified atom stereocenters. The third-order valence-corrected chi connectivity index (χ3v) is 3.55. The van der Waals surface area contributed by atoms with Crippen LogP contribution in [0.5, 0.6) is 0 Å². The molecule has 1 aliphatic rings.